The second-order valence-corrected chi connectivity index (χ2v) is 6.04. The van der Waals surface area contributed by atoms with Crippen LogP contribution in [0.15, 0.2) is 60.9 Å². The number of methoxy groups -OCH3 is 1. The first-order valence-electron chi connectivity index (χ1n) is 8.49. The average molecular weight is 362 g/mol. The lowest BCUT2D eigenvalue weighted by Gasteiger charge is -2.09. The Morgan fingerprint density at radius 2 is 2.11 bits per heavy atom. The third kappa shape index (κ3) is 3.69. The predicted molar refractivity (Wildman–Crippen MR) is 100 cm³/mol. The molecule has 0 atom stereocenters. The van der Waals surface area contributed by atoms with Gasteiger partial charge < -0.3 is 14.2 Å². The van der Waals surface area contributed by atoms with Gasteiger partial charge in [0.15, 0.2) is 17.3 Å². The number of benzene rings is 2. The fourth-order valence-corrected chi connectivity index (χ4v) is 2.91. The molecule has 1 aromatic heterocycles. The average Bonchev–Trinajstić information content (AvgIpc) is 3.37. The molecule has 6 nitrogen and oxygen atoms in total. The molecule has 0 amide bonds. The molecule has 0 spiro atoms. The van der Waals surface area contributed by atoms with E-state index >= 15 is 0 Å². The molecule has 1 aliphatic rings. The molecule has 0 saturated heterocycles. The van der Waals surface area contributed by atoms with Crippen LogP contribution in [0.3, 0.4) is 0 Å². The van der Waals surface area contributed by atoms with E-state index < -0.39 is 0 Å². The molecule has 0 N–H and O–H groups in total. The lowest BCUT2D eigenvalue weighted by atomic mass is 10.1. The van der Waals surface area contributed by atoms with Gasteiger partial charge in [0.25, 0.3) is 0 Å². The normalized spacial score (nSPS) is 12.5. The summed E-state index contributed by atoms with van der Waals surface area (Å²) < 4.78 is 17.8. The molecule has 0 radical (unpaired) electrons. The molecular formula is C21H18N2O4. The van der Waals surface area contributed by atoms with E-state index in [0.29, 0.717) is 23.6 Å². The van der Waals surface area contributed by atoms with E-state index in [1.165, 1.54) is 0 Å². The highest BCUT2D eigenvalue weighted by atomic mass is 16.7. The summed E-state index contributed by atoms with van der Waals surface area (Å²) in [6.07, 6.45) is 6.97. The van der Waals surface area contributed by atoms with Crippen molar-refractivity contribution in [3.63, 3.8) is 0 Å². The number of aromatic nitrogens is 2. The number of ketones is 1. The van der Waals surface area contributed by atoms with Crippen molar-refractivity contribution in [2.24, 2.45) is 0 Å². The first-order valence-corrected chi connectivity index (χ1v) is 8.49. The van der Waals surface area contributed by atoms with E-state index in [-0.39, 0.29) is 12.6 Å². The Labute approximate surface area is 156 Å². The van der Waals surface area contributed by atoms with E-state index in [2.05, 4.69) is 5.10 Å². The van der Waals surface area contributed by atoms with Crippen LogP contribution >= 0.6 is 0 Å². The first kappa shape index (κ1) is 16.9. The zero-order valence-electron chi connectivity index (χ0n) is 14.8. The second kappa shape index (κ2) is 7.37. The summed E-state index contributed by atoms with van der Waals surface area (Å²) in [6, 6.07) is 12.9. The highest BCUT2D eigenvalue weighted by Crippen LogP contribution is 2.32. The molecule has 6 heteroatoms. The highest BCUT2D eigenvalue weighted by molar-refractivity contribution is 6.07. The van der Waals surface area contributed by atoms with Gasteiger partial charge >= 0.3 is 0 Å². The fraction of sp³-hybridized carbons (Fsp3) is 0.143. The fourth-order valence-electron chi connectivity index (χ4n) is 2.91. The molecule has 0 saturated carbocycles. The van der Waals surface area contributed by atoms with Crippen LogP contribution in [-0.4, -0.2) is 29.5 Å². The van der Waals surface area contributed by atoms with Gasteiger partial charge in [-0.1, -0.05) is 12.1 Å². The zero-order valence-corrected chi connectivity index (χ0v) is 14.8. The van der Waals surface area contributed by atoms with Crippen LogP contribution in [0.5, 0.6) is 17.2 Å². The summed E-state index contributed by atoms with van der Waals surface area (Å²) in [7, 11) is 1.64. The van der Waals surface area contributed by atoms with E-state index in [4.69, 9.17) is 14.2 Å². The maximum Gasteiger partial charge on any atom is 0.231 e. The minimum absolute atomic E-state index is 0.0993. The highest BCUT2D eigenvalue weighted by Gasteiger charge is 2.15. The summed E-state index contributed by atoms with van der Waals surface area (Å²) >= 11 is 0. The number of fused-ring (bicyclic) bond motifs is 1. The first-order chi connectivity index (χ1) is 13.2. The minimum atomic E-state index is -0.0993. The van der Waals surface area contributed by atoms with Crippen molar-refractivity contribution in [2.45, 2.75) is 6.54 Å². The molecule has 0 fully saturated rings. The number of carbonyl (C=O) groups excluding carboxylic acids is 1. The number of hydrogen-bond acceptors (Lipinski definition) is 5. The van der Waals surface area contributed by atoms with Gasteiger partial charge in [-0.25, -0.2) is 0 Å². The predicted octanol–water partition coefficient (Wildman–Crippen LogP) is 3.56. The quantitative estimate of drug-likeness (QED) is 0.496. The zero-order chi connectivity index (χ0) is 18.6. The topological polar surface area (TPSA) is 62.6 Å². The Balaban J connectivity index is 1.53. The maximum absolute atomic E-state index is 12.5. The SMILES string of the molecule is COc1ccc(/C=C/C(=O)c2ccc3c(c2)OCO3)cc1Cn1cccn1. The van der Waals surface area contributed by atoms with Gasteiger partial charge in [-0.2, -0.15) is 5.10 Å². The number of rotatable bonds is 6. The Kier molecular flexibility index (Phi) is 4.61. The van der Waals surface area contributed by atoms with Crippen molar-refractivity contribution in [2.75, 3.05) is 13.9 Å². The van der Waals surface area contributed by atoms with E-state index in [1.54, 1.807) is 43.7 Å². The summed E-state index contributed by atoms with van der Waals surface area (Å²) in [6.45, 7) is 0.779. The van der Waals surface area contributed by atoms with Gasteiger partial charge in [-0.3, -0.25) is 9.48 Å². The van der Waals surface area contributed by atoms with Crippen molar-refractivity contribution in [1.82, 2.24) is 9.78 Å². The van der Waals surface area contributed by atoms with Crippen LogP contribution in [0.25, 0.3) is 6.08 Å². The van der Waals surface area contributed by atoms with Gasteiger partial charge in [0.1, 0.15) is 5.75 Å². The number of hydrogen-bond donors (Lipinski definition) is 0. The van der Waals surface area contributed by atoms with E-state index in [9.17, 15) is 4.79 Å². The second-order valence-electron chi connectivity index (χ2n) is 6.04. The molecular weight excluding hydrogens is 344 g/mol. The van der Waals surface area contributed by atoms with Crippen LogP contribution in [0, 0.1) is 0 Å². The molecule has 27 heavy (non-hydrogen) atoms. The lowest BCUT2D eigenvalue weighted by Crippen LogP contribution is -2.02. The van der Waals surface area contributed by atoms with Crippen molar-refractivity contribution in [1.29, 1.82) is 0 Å². The van der Waals surface area contributed by atoms with Gasteiger partial charge in [0, 0.05) is 23.5 Å². The van der Waals surface area contributed by atoms with Gasteiger partial charge in [0.2, 0.25) is 6.79 Å². The number of carbonyl (C=O) groups is 1. The minimum Gasteiger partial charge on any atom is -0.496 e. The van der Waals surface area contributed by atoms with Crippen LogP contribution in [0.4, 0.5) is 0 Å². The van der Waals surface area contributed by atoms with Gasteiger partial charge in [-0.05, 0) is 48.0 Å². The summed E-state index contributed by atoms with van der Waals surface area (Å²) in [5, 5.41) is 4.23. The number of nitrogens with zero attached hydrogens (tertiary/aromatic N) is 2. The molecule has 0 aliphatic carbocycles. The summed E-state index contributed by atoms with van der Waals surface area (Å²) in [4.78, 5) is 12.5. The number of ether oxygens (including phenoxy) is 3. The third-order valence-corrected chi connectivity index (χ3v) is 4.28. The maximum atomic E-state index is 12.5. The monoisotopic (exact) mass is 362 g/mol. The van der Waals surface area contributed by atoms with Crippen LogP contribution in [-0.2, 0) is 6.54 Å². The van der Waals surface area contributed by atoms with Gasteiger partial charge in [-0.15, -0.1) is 0 Å². The van der Waals surface area contributed by atoms with Crippen LogP contribution < -0.4 is 14.2 Å². The Bertz CT molecular complexity index is 993. The standard InChI is InChI=1S/C21H18N2O4/c1-25-19-7-4-15(11-17(19)13-23-10-2-9-22-23)3-6-18(24)16-5-8-20-21(12-16)27-14-26-20/h2-12H,13-14H2,1H3/b6-3+. The summed E-state index contributed by atoms with van der Waals surface area (Å²) in [5.41, 5.74) is 2.45. The molecule has 1 aliphatic heterocycles. The van der Waals surface area contributed by atoms with Crippen LogP contribution in [0.1, 0.15) is 21.5 Å². The lowest BCUT2D eigenvalue weighted by molar-refractivity contribution is 0.104. The van der Waals surface area contributed by atoms with E-state index in [1.807, 2.05) is 35.1 Å². The Morgan fingerprint density at radius 3 is 2.93 bits per heavy atom. The van der Waals surface area contributed by atoms with Gasteiger partial charge in [0.05, 0.1) is 13.7 Å². The summed E-state index contributed by atoms with van der Waals surface area (Å²) in [5.74, 6) is 1.94. The van der Waals surface area contributed by atoms with Crippen LogP contribution in [0.2, 0.25) is 0 Å². The van der Waals surface area contributed by atoms with E-state index in [0.717, 1.165) is 16.9 Å². The Hall–Kier alpha value is -3.54. The van der Waals surface area contributed by atoms with Crippen molar-refractivity contribution in [3.8, 4) is 17.2 Å². The molecule has 2 heterocycles. The molecule has 136 valence electrons. The molecule has 0 unspecified atom stereocenters. The Morgan fingerprint density at radius 1 is 1.22 bits per heavy atom. The molecule has 2 aromatic carbocycles. The number of allylic oxidation sites excluding steroid dienone is 1. The van der Waals surface area contributed by atoms with Crippen molar-refractivity contribution in [3.05, 3.63) is 77.6 Å². The largest absolute Gasteiger partial charge is 0.496 e. The third-order valence-electron chi connectivity index (χ3n) is 4.28. The van der Waals surface area contributed by atoms with Crippen molar-refractivity contribution >= 4 is 11.9 Å². The smallest absolute Gasteiger partial charge is 0.231 e. The molecule has 0 bridgehead atoms. The molecule has 3 aromatic rings. The molecule has 4 rings (SSSR count). The van der Waals surface area contributed by atoms with Crippen molar-refractivity contribution < 1.29 is 19.0 Å².